The molecular weight excluding hydrogens is 430 g/mol. The van der Waals surface area contributed by atoms with Crippen LogP contribution in [0.5, 0.6) is 0 Å². The largest absolute Gasteiger partial charge is 0.351 e. The molecule has 2 aliphatic heterocycles. The third-order valence-corrected chi connectivity index (χ3v) is 7.04. The molecule has 5 rings (SSSR count). The highest BCUT2D eigenvalue weighted by atomic mass is 35.5. The van der Waals surface area contributed by atoms with Gasteiger partial charge in [0.25, 0.3) is 0 Å². The van der Waals surface area contributed by atoms with Crippen LogP contribution < -0.4 is 4.90 Å². The molecule has 0 aromatic heterocycles. The van der Waals surface area contributed by atoms with Crippen molar-refractivity contribution in [2.75, 3.05) is 4.90 Å². The summed E-state index contributed by atoms with van der Waals surface area (Å²) in [5.41, 5.74) is 2.47. The number of fused-ring (bicyclic) bond motifs is 3. The van der Waals surface area contributed by atoms with Gasteiger partial charge in [0.2, 0.25) is 0 Å². The summed E-state index contributed by atoms with van der Waals surface area (Å²) in [6.45, 7) is 1.91. The molecule has 0 amide bonds. The van der Waals surface area contributed by atoms with E-state index in [4.69, 9.17) is 11.6 Å². The number of hydrogen-bond donors (Lipinski definition) is 0. The molecule has 160 valence electrons. The molecule has 5 heteroatoms. The highest BCUT2D eigenvalue weighted by Gasteiger charge is 2.63. The van der Waals surface area contributed by atoms with Gasteiger partial charge in [0.15, 0.2) is 11.2 Å². The second-order valence-electron chi connectivity index (χ2n) is 8.52. The van der Waals surface area contributed by atoms with Crippen molar-refractivity contribution in [2.24, 2.45) is 5.41 Å². The third-order valence-electron chi connectivity index (χ3n) is 6.81. The van der Waals surface area contributed by atoms with E-state index in [0.717, 1.165) is 22.4 Å². The number of halogens is 1. The summed E-state index contributed by atoms with van der Waals surface area (Å²) in [4.78, 5) is 16.2. The lowest BCUT2D eigenvalue weighted by molar-refractivity contribution is 0.0950. The molecule has 3 unspecified atom stereocenters. The first-order valence-corrected chi connectivity index (χ1v) is 11.1. The predicted octanol–water partition coefficient (Wildman–Crippen LogP) is 5.93. The van der Waals surface area contributed by atoms with Crippen LogP contribution in [-0.4, -0.2) is 17.9 Å². The van der Waals surface area contributed by atoms with Gasteiger partial charge in [0.1, 0.15) is 6.04 Å². The zero-order valence-corrected chi connectivity index (χ0v) is 18.7. The molecule has 1 fully saturated rings. The van der Waals surface area contributed by atoms with Crippen LogP contribution >= 0.6 is 11.6 Å². The van der Waals surface area contributed by atoms with Gasteiger partial charge < -0.3 is 4.90 Å². The van der Waals surface area contributed by atoms with Crippen molar-refractivity contribution in [1.82, 2.24) is 0 Å². The maximum Gasteiger partial charge on any atom is 0.186 e. The molecule has 0 bridgehead atoms. The fraction of sp³-hybridized carbons (Fsp3) is 0.179. The summed E-state index contributed by atoms with van der Waals surface area (Å²) in [5.74, 6) is -0.743. The summed E-state index contributed by atoms with van der Waals surface area (Å²) in [6.07, 6.45) is 3.76. The zero-order chi connectivity index (χ0) is 23.2. The van der Waals surface area contributed by atoms with Crippen molar-refractivity contribution in [3.63, 3.8) is 0 Å². The third kappa shape index (κ3) is 3.07. The first-order chi connectivity index (χ1) is 16.0. The molecule has 2 heterocycles. The van der Waals surface area contributed by atoms with E-state index in [9.17, 15) is 15.3 Å². The Kier molecular flexibility index (Phi) is 5.05. The number of carbonyl (C=O) groups excluding carboxylic acids is 1. The molecule has 0 N–H and O–H groups in total. The first-order valence-electron chi connectivity index (χ1n) is 10.7. The van der Waals surface area contributed by atoms with Crippen LogP contribution in [-0.2, 0) is 0 Å². The van der Waals surface area contributed by atoms with Crippen LogP contribution in [0, 0.1) is 35.0 Å². The van der Waals surface area contributed by atoms with Gasteiger partial charge in [0, 0.05) is 22.2 Å². The van der Waals surface area contributed by atoms with E-state index in [0.29, 0.717) is 10.6 Å². The zero-order valence-electron chi connectivity index (χ0n) is 17.9. The Bertz CT molecular complexity index is 1350. The minimum absolute atomic E-state index is 0.101. The van der Waals surface area contributed by atoms with E-state index >= 15 is 0 Å². The average molecular weight is 450 g/mol. The van der Waals surface area contributed by atoms with E-state index in [2.05, 4.69) is 12.1 Å². The van der Waals surface area contributed by atoms with Crippen molar-refractivity contribution in [1.29, 1.82) is 10.5 Å². The minimum atomic E-state index is -1.45. The monoisotopic (exact) mass is 449 g/mol. The van der Waals surface area contributed by atoms with Crippen molar-refractivity contribution in [2.45, 2.75) is 24.9 Å². The van der Waals surface area contributed by atoms with Crippen molar-refractivity contribution < 1.29 is 4.79 Å². The number of Topliss-reactive ketones (excluding diaryl/α,β-unsaturated/α-hetero) is 1. The number of aryl methyl sites for hydroxylation is 1. The average Bonchev–Trinajstić information content (AvgIpc) is 3.15. The molecule has 1 saturated heterocycles. The van der Waals surface area contributed by atoms with Crippen molar-refractivity contribution in [3.05, 3.63) is 106 Å². The highest BCUT2D eigenvalue weighted by Crippen LogP contribution is 2.55. The first kappa shape index (κ1) is 21.0. The van der Waals surface area contributed by atoms with E-state index < -0.39 is 23.4 Å². The second kappa shape index (κ2) is 7.93. The number of carbonyl (C=O) groups is 1. The highest BCUT2D eigenvalue weighted by molar-refractivity contribution is 6.30. The molecule has 3 aromatic rings. The lowest BCUT2D eigenvalue weighted by atomic mass is 9.69. The molecule has 3 atom stereocenters. The van der Waals surface area contributed by atoms with Crippen LogP contribution in [0.2, 0.25) is 5.02 Å². The van der Waals surface area contributed by atoms with E-state index in [-0.39, 0.29) is 5.78 Å². The van der Waals surface area contributed by atoms with Crippen LogP contribution in [0.4, 0.5) is 5.69 Å². The summed E-state index contributed by atoms with van der Waals surface area (Å²) >= 11 is 6.25. The molecule has 4 nitrogen and oxygen atoms in total. The Balaban J connectivity index is 1.80. The van der Waals surface area contributed by atoms with Crippen LogP contribution in [0.25, 0.3) is 6.08 Å². The number of rotatable bonds is 3. The summed E-state index contributed by atoms with van der Waals surface area (Å²) in [5, 5.41) is 21.5. The molecule has 0 saturated carbocycles. The standard InChI is InChI=1S/C28H20ClN3O/c1-18-7-5-6-10-22(18)27(33)26-25(19-8-3-2-4-9-19)28(16-30,17-31)24-14-11-20-15-21(29)12-13-23(20)32(24)26/h2-15,24-26H,1H3. The Labute approximate surface area is 198 Å². The van der Waals surface area contributed by atoms with Gasteiger partial charge in [-0.2, -0.15) is 10.5 Å². The van der Waals surface area contributed by atoms with Crippen LogP contribution in [0.3, 0.4) is 0 Å². The van der Waals surface area contributed by atoms with Gasteiger partial charge >= 0.3 is 0 Å². The van der Waals surface area contributed by atoms with E-state index in [1.54, 1.807) is 6.07 Å². The molecule has 3 aromatic carbocycles. The SMILES string of the molecule is Cc1ccccc1C(=O)C1C(c2ccccc2)C(C#N)(C#N)C2C=Cc3cc(Cl)ccc3N12. The van der Waals surface area contributed by atoms with Gasteiger partial charge in [-0.25, -0.2) is 0 Å². The topological polar surface area (TPSA) is 67.9 Å². The minimum Gasteiger partial charge on any atom is -0.351 e. The van der Waals surface area contributed by atoms with Crippen molar-refractivity contribution in [3.8, 4) is 12.1 Å². The molecule has 2 aliphatic rings. The number of benzene rings is 3. The normalized spacial score (nSPS) is 22.1. The molecule has 0 spiro atoms. The molecule has 0 radical (unpaired) electrons. The number of nitriles is 2. The molecule has 0 aliphatic carbocycles. The van der Waals surface area contributed by atoms with E-state index in [1.807, 2.05) is 90.7 Å². The van der Waals surface area contributed by atoms with Gasteiger partial charge in [-0.15, -0.1) is 0 Å². The Hall–Kier alpha value is -3.86. The van der Waals surface area contributed by atoms with Gasteiger partial charge in [0.05, 0.1) is 18.2 Å². The summed E-state index contributed by atoms with van der Waals surface area (Å²) in [6, 6.07) is 25.8. The Morgan fingerprint density at radius 3 is 2.39 bits per heavy atom. The van der Waals surface area contributed by atoms with Gasteiger partial charge in [-0.05, 0) is 41.8 Å². The van der Waals surface area contributed by atoms with Crippen molar-refractivity contribution >= 4 is 29.1 Å². The van der Waals surface area contributed by atoms with Crippen LogP contribution in [0.1, 0.15) is 33.0 Å². The number of hydrogen-bond acceptors (Lipinski definition) is 4. The van der Waals surface area contributed by atoms with E-state index in [1.165, 1.54) is 0 Å². The van der Waals surface area contributed by atoms with Gasteiger partial charge in [-0.1, -0.05) is 78.4 Å². The molecule has 33 heavy (non-hydrogen) atoms. The Morgan fingerprint density at radius 2 is 1.70 bits per heavy atom. The lowest BCUT2D eigenvalue weighted by Crippen LogP contribution is -2.44. The fourth-order valence-corrected chi connectivity index (χ4v) is 5.49. The lowest BCUT2D eigenvalue weighted by Gasteiger charge is -2.35. The summed E-state index contributed by atoms with van der Waals surface area (Å²) < 4.78 is 0. The Morgan fingerprint density at radius 1 is 1.00 bits per heavy atom. The maximum atomic E-state index is 14.2. The number of anilines is 1. The molecular formula is C28H20ClN3O. The summed E-state index contributed by atoms with van der Waals surface area (Å²) in [7, 11) is 0. The number of ketones is 1. The fourth-order valence-electron chi connectivity index (χ4n) is 5.31. The predicted molar refractivity (Wildman–Crippen MR) is 129 cm³/mol. The second-order valence-corrected chi connectivity index (χ2v) is 8.96. The smallest absolute Gasteiger partial charge is 0.186 e. The quantitative estimate of drug-likeness (QED) is 0.464. The number of nitrogens with zero attached hydrogens (tertiary/aromatic N) is 3. The van der Waals surface area contributed by atoms with Gasteiger partial charge in [-0.3, -0.25) is 4.79 Å². The van der Waals surface area contributed by atoms with Crippen LogP contribution in [0.15, 0.2) is 78.9 Å². The maximum absolute atomic E-state index is 14.2.